The lowest BCUT2D eigenvalue weighted by Crippen LogP contribution is -2.18. The SMILES string of the molecule is CC(C)(O)c1ccn2c(-c3ccc(F)c(-c4ncccc4C#N)c3)cnc2n1. The summed E-state index contributed by atoms with van der Waals surface area (Å²) in [5.74, 6) is -0.0359. The molecule has 4 aromatic rings. The van der Waals surface area contributed by atoms with Gasteiger partial charge in [0.15, 0.2) is 0 Å². The first kappa shape index (κ1) is 17.8. The summed E-state index contributed by atoms with van der Waals surface area (Å²) in [5.41, 5.74) is 1.67. The Bertz CT molecular complexity index is 1230. The number of hydrogen-bond acceptors (Lipinski definition) is 5. The molecule has 6 nitrogen and oxygen atoms in total. The van der Waals surface area contributed by atoms with E-state index in [0.717, 1.165) is 0 Å². The van der Waals surface area contributed by atoms with Gasteiger partial charge in [-0.2, -0.15) is 5.26 Å². The van der Waals surface area contributed by atoms with Crippen LogP contribution in [-0.4, -0.2) is 24.5 Å². The Hall–Kier alpha value is -3.63. The Morgan fingerprint density at radius 1 is 1.18 bits per heavy atom. The summed E-state index contributed by atoms with van der Waals surface area (Å²) in [5, 5.41) is 19.4. The molecule has 1 N–H and O–H groups in total. The van der Waals surface area contributed by atoms with E-state index in [-0.39, 0.29) is 5.56 Å². The van der Waals surface area contributed by atoms with Crippen molar-refractivity contribution in [1.82, 2.24) is 19.4 Å². The molecular formula is C21H16FN5O. The van der Waals surface area contributed by atoms with Crippen molar-refractivity contribution in [3.63, 3.8) is 0 Å². The summed E-state index contributed by atoms with van der Waals surface area (Å²) in [6.07, 6.45) is 4.93. The molecule has 28 heavy (non-hydrogen) atoms. The Balaban J connectivity index is 1.86. The van der Waals surface area contributed by atoms with E-state index in [0.29, 0.717) is 34.0 Å². The maximum absolute atomic E-state index is 14.5. The molecule has 0 saturated heterocycles. The maximum atomic E-state index is 14.5. The minimum atomic E-state index is -1.08. The smallest absolute Gasteiger partial charge is 0.234 e. The lowest BCUT2D eigenvalue weighted by atomic mass is 10.0. The van der Waals surface area contributed by atoms with Crippen LogP contribution in [0.5, 0.6) is 0 Å². The van der Waals surface area contributed by atoms with Crippen LogP contribution in [0.3, 0.4) is 0 Å². The van der Waals surface area contributed by atoms with Crippen molar-refractivity contribution < 1.29 is 9.50 Å². The molecule has 0 aliphatic rings. The lowest BCUT2D eigenvalue weighted by molar-refractivity contribution is 0.0739. The zero-order valence-corrected chi connectivity index (χ0v) is 15.3. The average molecular weight is 373 g/mol. The van der Waals surface area contributed by atoms with Gasteiger partial charge in [-0.1, -0.05) is 0 Å². The van der Waals surface area contributed by atoms with Crippen molar-refractivity contribution in [2.75, 3.05) is 0 Å². The molecular weight excluding hydrogens is 357 g/mol. The minimum absolute atomic E-state index is 0.241. The molecule has 0 unspecified atom stereocenters. The molecule has 0 saturated carbocycles. The molecule has 4 rings (SSSR count). The van der Waals surface area contributed by atoms with Crippen molar-refractivity contribution in [3.8, 4) is 28.6 Å². The van der Waals surface area contributed by atoms with Gasteiger partial charge in [-0.25, -0.2) is 14.4 Å². The zero-order valence-electron chi connectivity index (χ0n) is 15.3. The van der Waals surface area contributed by atoms with E-state index in [2.05, 4.69) is 15.0 Å². The minimum Gasteiger partial charge on any atom is -0.384 e. The normalized spacial score (nSPS) is 11.5. The monoisotopic (exact) mass is 373 g/mol. The van der Waals surface area contributed by atoms with E-state index in [9.17, 15) is 14.8 Å². The second kappa shape index (κ2) is 6.51. The van der Waals surface area contributed by atoms with Gasteiger partial charge in [-0.15, -0.1) is 0 Å². The third-order valence-electron chi connectivity index (χ3n) is 4.45. The van der Waals surface area contributed by atoms with Crippen LogP contribution in [0, 0.1) is 17.1 Å². The highest BCUT2D eigenvalue weighted by Crippen LogP contribution is 2.30. The molecule has 3 heterocycles. The molecule has 0 spiro atoms. The number of benzene rings is 1. The number of hydrogen-bond donors (Lipinski definition) is 1. The van der Waals surface area contributed by atoms with Crippen LogP contribution in [0.25, 0.3) is 28.3 Å². The molecule has 138 valence electrons. The highest BCUT2D eigenvalue weighted by molar-refractivity contribution is 5.74. The summed E-state index contributed by atoms with van der Waals surface area (Å²) in [4.78, 5) is 12.9. The second-order valence-corrected chi connectivity index (χ2v) is 6.89. The van der Waals surface area contributed by atoms with E-state index in [1.165, 1.54) is 12.3 Å². The molecule has 1 aromatic carbocycles. The van der Waals surface area contributed by atoms with E-state index >= 15 is 0 Å². The Morgan fingerprint density at radius 2 is 2.00 bits per heavy atom. The number of nitrogens with zero attached hydrogens (tertiary/aromatic N) is 5. The van der Waals surface area contributed by atoms with Crippen molar-refractivity contribution in [2.45, 2.75) is 19.4 Å². The molecule has 0 radical (unpaired) electrons. The number of fused-ring (bicyclic) bond motifs is 1. The van der Waals surface area contributed by atoms with Crippen LogP contribution in [-0.2, 0) is 5.60 Å². The first-order chi connectivity index (χ1) is 13.4. The van der Waals surface area contributed by atoms with E-state index < -0.39 is 11.4 Å². The first-order valence-corrected chi connectivity index (χ1v) is 8.61. The quantitative estimate of drug-likeness (QED) is 0.592. The van der Waals surface area contributed by atoms with Gasteiger partial charge in [-0.05, 0) is 50.2 Å². The fourth-order valence-electron chi connectivity index (χ4n) is 3.00. The number of nitriles is 1. The summed E-state index contributed by atoms with van der Waals surface area (Å²) >= 11 is 0. The highest BCUT2D eigenvalue weighted by Gasteiger charge is 2.20. The van der Waals surface area contributed by atoms with Crippen LogP contribution in [0.15, 0.2) is 55.0 Å². The van der Waals surface area contributed by atoms with Crippen molar-refractivity contribution in [1.29, 1.82) is 5.26 Å². The van der Waals surface area contributed by atoms with Crippen molar-refractivity contribution >= 4 is 5.78 Å². The number of aliphatic hydroxyl groups is 1. The number of aromatic nitrogens is 4. The van der Waals surface area contributed by atoms with Gasteiger partial charge < -0.3 is 5.11 Å². The Kier molecular flexibility index (Phi) is 4.13. The molecule has 0 amide bonds. The van der Waals surface area contributed by atoms with Crippen molar-refractivity contribution in [2.24, 2.45) is 0 Å². The predicted octanol–water partition coefficient (Wildman–Crippen LogP) is 3.70. The fourth-order valence-corrected chi connectivity index (χ4v) is 3.00. The molecule has 0 bridgehead atoms. The molecule has 0 aliphatic heterocycles. The summed E-state index contributed by atoms with van der Waals surface area (Å²) in [6, 6.07) is 11.6. The molecule has 7 heteroatoms. The van der Waals surface area contributed by atoms with Gasteiger partial charge in [0, 0.05) is 23.5 Å². The third-order valence-corrected chi connectivity index (χ3v) is 4.45. The molecule has 3 aromatic heterocycles. The van der Waals surface area contributed by atoms with Gasteiger partial charge in [0.05, 0.1) is 28.8 Å². The largest absolute Gasteiger partial charge is 0.384 e. The number of imidazole rings is 1. The zero-order chi connectivity index (χ0) is 19.9. The average Bonchev–Trinajstić information content (AvgIpc) is 3.11. The van der Waals surface area contributed by atoms with Crippen LogP contribution in [0.4, 0.5) is 4.39 Å². The molecule has 0 atom stereocenters. The Morgan fingerprint density at radius 3 is 2.75 bits per heavy atom. The summed E-state index contributed by atoms with van der Waals surface area (Å²) in [6.45, 7) is 3.31. The maximum Gasteiger partial charge on any atom is 0.234 e. The van der Waals surface area contributed by atoms with Gasteiger partial charge in [0.1, 0.15) is 17.5 Å². The van der Waals surface area contributed by atoms with E-state index in [1.807, 2.05) is 6.07 Å². The topological polar surface area (TPSA) is 87.1 Å². The van der Waals surface area contributed by atoms with E-state index in [1.54, 1.807) is 61.0 Å². The second-order valence-electron chi connectivity index (χ2n) is 6.89. The van der Waals surface area contributed by atoms with Crippen LogP contribution in [0.1, 0.15) is 25.1 Å². The van der Waals surface area contributed by atoms with Crippen LogP contribution < -0.4 is 0 Å². The number of pyridine rings is 1. The lowest BCUT2D eigenvalue weighted by Gasteiger charge is -2.16. The van der Waals surface area contributed by atoms with Gasteiger partial charge >= 0.3 is 0 Å². The Labute approximate surface area is 160 Å². The highest BCUT2D eigenvalue weighted by atomic mass is 19.1. The van der Waals surface area contributed by atoms with Crippen molar-refractivity contribution in [3.05, 3.63) is 72.1 Å². The third kappa shape index (κ3) is 3.00. The van der Waals surface area contributed by atoms with Gasteiger partial charge in [0.25, 0.3) is 0 Å². The number of rotatable bonds is 3. The predicted molar refractivity (Wildman–Crippen MR) is 102 cm³/mol. The van der Waals surface area contributed by atoms with Gasteiger partial charge in [0.2, 0.25) is 5.78 Å². The van der Waals surface area contributed by atoms with Crippen LogP contribution >= 0.6 is 0 Å². The summed E-state index contributed by atoms with van der Waals surface area (Å²) < 4.78 is 16.3. The molecule has 0 fully saturated rings. The van der Waals surface area contributed by atoms with Gasteiger partial charge in [-0.3, -0.25) is 9.38 Å². The summed E-state index contributed by atoms with van der Waals surface area (Å²) in [7, 11) is 0. The fraction of sp³-hybridized carbons (Fsp3) is 0.143. The molecule has 0 aliphatic carbocycles. The standard InChI is InChI=1S/C21H16FN5O/c1-21(2,28)18-7-9-27-17(12-25-20(27)26-18)13-5-6-16(22)15(10-13)19-14(11-23)4-3-8-24-19/h3-10,12,28H,1-2H3. The number of halogens is 1. The first-order valence-electron chi connectivity index (χ1n) is 8.61. The van der Waals surface area contributed by atoms with Crippen LogP contribution in [0.2, 0.25) is 0 Å². The van der Waals surface area contributed by atoms with E-state index in [4.69, 9.17) is 0 Å².